The molecule has 0 aliphatic rings. The Morgan fingerprint density at radius 1 is 0.929 bits per heavy atom. The van der Waals surface area contributed by atoms with E-state index in [0.29, 0.717) is 11.4 Å². The summed E-state index contributed by atoms with van der Waals surface area (Å²) in [5, 5.41) is 8.61. The Labute approximate surface area is 157 Å². The van der Waals surface area contributed by atoms with E-state index in [1.165, 1.54) is 42.5 Å². The van der Waals surface area contributed by atoms with Crippen molar-refractivity contribution in [1.29, 1.82) is 0 Å². The molecule has 0 aliphatic carbocycles. The molecule has 3 aromatic rings. The highest BCUT2D eigenvalue weighted by Gasteiger charge is 2.30. The maximum absolute atomic E-state index is 12.7. The largest absolute Gasteiger partial charge is 0.416 e. The predicted octanol–water partition coefficient (Wildman–Crippen LogP) is 4.51. The summed E-state index contributed by atoms with van der Waals surface area (Å²) in [6.07, 6.45) is -4.50. The van der Waals surface area contributed by atoms with E-state index in [0.717, 1.165) is 12.1 Å². The molecule has 2 amide bonds. The molecule has 0 radical (unpaired) electrons. The number of aromatic nitrogens is 1. The molecule has 1 aromatic heterocycles. The van der Waals surface area contributed by atoms with Gasteiger partial charge in [0, 0.05) is 23.0 Å². The Balaban J connectivity index is 1.66. The van der Waals surface area contributed by atoms with Gasteiger partial charge in [-0.05, 0) is 49.4 Å². The number of rotatable bonds is 4. The lowest BCUT2D eigenvalue weighted by atomic mass is 10.1. The van der Waals surface area contributed by atoms with Gasteiger partial charge in [-0.1, -0.05) is 11.2 Å². The minimum Gasteiger partial charge on any atom is -0.351 e. The van der Waals surface area contributed by atoms with Crippen LogP contribution in [0.5, 0.6) is 0 Å². The zero-order chi connectivity index (χ0) is 20.3. The number of carbonyl (C=O) groups excluding carboxylic acids is 2. The maximum Gasteiger partial charge on any atom is 0.416 e. The minimum absolute atomic E-state index is 0.0258. The fourth-order valence-corrected chi connectivity index (χ4v) is 2.34. The number of anilines is 2. The smallest absolute Gasteiger partial charge is 0.351 e. The van der Waals surface area contributed by atoms with Crippen molar-refractivity contribution in [2.75, 3.05) is 10.6 Å². The van der Waals surface area contributed by atoms with Crippen LogP contribution in [-0.2, 0) is 6.18 Å². The van der Waals surface area contributed by atoms with Crippen LogP contribution < -0.4 is 10.6 Å². The van der Waals surface area contributed by atoms with Crippen LogP contribution in [0.3, 0.4) is 0 Å². The van der Waals surface area contributed by atoms with Gasteiger partial charge >= 0.3 is 6.18 Å². The lowest BCUT2D eigenvalue weighted by Gasteiger charge is -2.10. The summed E-state index contributed by atoms with van der Waals surface area (Å²) in [6.45, 7) is 1.68. The molecule has 0 unspecified atom stereocenters. The van der Waals surface area contributed by atoms with E-state index in [4.69, 9.17) is 4.52 Å². The number of amides is 2. The molecule has 3 rings (SSSR count). The van der Waals surface area contributed by atoms with E-state index in [1.54, 1.807) is 6.92 Å². The lowest BCUT2D eigenvalue weighted by molar-refractivity contribution is -0.137. The van der Waals surface area contributed by atoms with E-state index in [9.17, 15) is 22.8 Å². The van der Waals surface area contributed by atoms with E-state index < -0.39 is 23.6 Å². The Morgan fingerprint density at radius 3 is 2.21 bits per heavy atom. The number of aryl methyl sites for hydroxylation is 1. The van der Waals surface area contributed by atoms with Crippen LogP contribution in [0.15, 0.2) is 59.1 Å². The molecule has 6 nitrogen and oxygen atoms in total. The van der Waals surface area contributed by atoms with E-state index >= 15 is 0 Å². The van der Waals surface area contributed by atoms with Crippen molar-refractivity contribution in [1.82, 2.24) is 5.16 Å². The van der Waals surface area contributed by atoms with Gasteiger partial charge in [-0.2, -0.15) is 13.2 Å². The van der Waals surface area contributed by atoms with Crippen molar-refractivity contribution in [3.8, 4) is 0 Å². The predicted molar refractivity (Wildman–Crippen MR) is 95.0 cm³/mol. The van der Waals surface area contributed by atoms with Gasteiger partial charge in [0.1, 0.15) is 0 Å². The van der Waals surface area contributed by atoms with Crippen LogP contribution in [0.1, 0.15) is 32.2 Å². The van der Waals surface area contributed by atoms with Gasteiger partial charge in [-0.25, -0.2) is 0 Å². The number of hydrogen-bond donors (Lipinski definition) is 2. The molecule has 2 aromatic carbocycles. The molecule has 144 valence electrons. The van der Waals surface area contributed by atoms with Crippen molar-refractivity contribution in [3.63, 3.8) is 0 Å². The van der Waals surface area contributed by atoms with Crippen LogP contribution >= 0.6 is 0 Å². The quantitative estimate of drug-likeness (QED) is 0.688. The Hall–Kier alpha value is -3.62. The normalized spacial score (nSPS) is 11.1. The fraction of sp³-hybridized carbons (Fsp3) is 0.105. The van der Waals surface area contributed by atoms with Gasteiger partial charge in [0.25, 0.3) is 11.8 Å². The average molecular weight is 389 g/mol. The van der Waals surface area contributed by atoms with Crippen molar-refractivity contribution < 1.29 is 27.3 Å². The first-order valence-electron chi connectivity index (χ1n) is 8.06. The number of halogens is 3. The summed E-state index contributed by atoms with van der Waals surface area (Å²) in [4.78, 5) is 24.2. The summed E-state index contributed by atoms with van der Waals surface area (Å²) < 4.78 is 43.1. The van der Waals surface area contributed by atoms with Crippen LogP contribution in [0.2, 0.25) is 0 Å². The lowest BCUT2D eigenvalue weighted by Crippen LogP contribution is -2.14. The highest BCUT2D eigenvalue weighted by Crippen LogP contribution is 2.30. The van der Waals surface area contributed by atoms with Crippen LogP contribution in [0.25, 0.3) is 0 Å². The molecule has 9 heteroatoms. The summed E-state index contributed by atoms with van der Waals surface area (Å²) in [7, 11) is 0. The van der Waals surface area contributed by atoms with Crippen molar-refractivity contribution in [2.24, 2.45) is 0 Å². The van der Waals surface area contributed by atoms with Crippen LogP contribution in [0, 0.1) is 6.92 Å². The monoisotopic (exact) mass is 389 g/mol. The second kappa shape index (κ2) is 7.55. The minimum atomic E-state index is -4.50. The molecule has 1 heterocycles. The van der Waals surface area contributed by atoms with Gasteiger partial charge in [-0.3, -0.25) is 9.59 Å². The third kappa shape index (κ3) is 4.56. The average Bonchev–Trinajstić information content (AvgIpc) is 3.08. The van der Waals surface area contributed by atoms with Gasteiger partial charge in [0.2, 0.25) is 5.76 Å². The second-order valence-electron chi connectivity index (χ2n) is 5.90. The summed E-state index contributed by atoms with van der Waals surface area (Å²) in [6, 6.07) is 11.7. The third-order valence-electron chi connectivity index (χ3n) is 3.70. The summed E-state index contributed by atoms with van der Waals surface area (Å²) in [5.41, 5.74) is 0.358. The Bertz CT molecular complexity index is 1010. The topological polar surface area (TPSA) is 84.2 Å². The molecule has 0 spiro atoms. The first-order chi connectivity index (χ1) is 13.2. The van der Waals surface area contributed by atoms with Crippen molar-refractivity contribution in [3.05, 3.63) is 77.2 Å². The molecule has 0 aliphatic heterocycles. The number of nitrogens with zero attached hydrogens (tertiary/aromatic N) is 1. The van der Waals surface area contributed by atoms with Gasteiger partial charge in [-0.15, -0.1) is 0 Å². The molecule has 28 heavy (non-hydrogen) atoms. The molecule has 0 bridgehead atoms. The molecule has 2 N–H and O–H groups in total. The molecular formula is C19H14F3N3O3. The van der Waals surface area contributed by atoms with E-state index in [2.05, 4.69) is 15.8 Å². The first-order valence-corrected chi connectivity index (χ1v) is 8.06. The molecule has 0 saturated carbocycles. The van der Waals surface area contributed by atoms with E-state index in [1.807, 2.05) is 0 Å². The third-order valence-corrected chi connectivity index (χ3v) is 3.70. The number of nitrogens with one attached hydrogen (secondary N) is 2. The van der Waals surface area contributed by atoms with E-state index in [-0.39, 0.29) is 17.0 Å². The van der Waals surface area contributed by atoms with Crippen LogP contribution in [0.4, 0.5) is 24.5 Å². The second-order valence-corrected chi connectivity index (χ2v) is 5.90. The molecular weight excluding hydrogens is 375 g/mol. The molecule has 0 atom stereocenters. The van der Waals surface area contributed by atoms with Gasteiger partial charge < -0.3 is 15.2 Å². The first kappa shape index (κ1) is 19.2. The number of carbonyl (C=O) groups is 2. The fourth-order valence-electron chi connectivity index (χ4n) is 2.34. The Morgan fingerprint density at radius 2 is 1.61 bits per heavy atom. The van der Waals surface area contributed by atoms with Crippen molar-refractivity contribution in [2.45, 2.75) is 13.1 Å². The number of hydrogen-bond acceptors (Lipinski definition) is 4. The summed E-state index contributed by atoms with van der Waals surface area (Å²) >= 11 is 0. The highest BCUT2D eigenvalue weighted by molar-refractivity contribution is 6.05. The SMILES string of the molecule is Cc1cc(C(=O)Nc2ccc(C(=O)Nc3cccc(C(F)(F)F)c3)cc2)on1. The molecule has 0 saturated heterocycles. The maximum atomic E-state index is 12.7. The number of alkyl halides is 3. The summed E-state index contributed by atoms with van der Waals surface area (Å²) in [5.74, 6) is -1.03. The zero-order valence-corrected chi connectivity index (χ0v) is 14.5. The zero-order valence-electron chi connectivity index (χ0n) is 14.5. The van der Waals surface area contributed by atoms with Gasteiger partial charge in [0.15, 0.2) is 0 Å². The molecule has 0 fully saturated rings. The highest BCUT2D eigenvalue weighted by atomic mass is 19.4. The van der Waals surface area contributed by atoms with Crippen LogP contribution in [-0.4, -0.2) is 17.0 Å². The van der Waals surface area contributed by atoms with Gasteiger partial charge in [0.05, 0.1) is 11.3 Å². The number of benzene rings is 2. The van der Waals surface area contributed by atoms with Crippen molar-refractivity contribution >= 4 is 23.2 Å². The Kier molecular flexibility index (Phi) is 5.16. The standard InChI is InChI=1S/C19H14F3N3O3/c1-11-9-16(28-25-11)18(27)23-14-7-5-12(6-8-14)17(26)24-15-4-2-3-13(10-15)19(20,21)22/h2-10H,1H3,(H,23,27)(H,24,26).